The molecule has 1 unspecified atom stereocenters. The molecule has 0 aliphatic carbocycles. The third-order valence-electron chi connectivity index (χ3n) is 2.08. The highest BCUT2D eigenvalue weighted by molar-refractivity contribution is 9.10. The predicted octanol–water partition coefficient (Wildman–Crippen LogP) is 3.53. The molecule has 1 aromatic rings. The summed E-state index contributed by atoms with van der Waals surface area (Å²) in [6, 6.07) is 2.97. The van der Waals surface area contributed by atoms with Crippen molar-refractivity contribution in [2.24, 2.45) is 0 Å². The molecule has 1 aromatic carbocycles. The molecule has 0 aromatic heterocycles. The zero-order chi connectivity index (χ0) is 14.4. The van der Waals surface area contributed by atoms with Crippen LogP contribution in [0.4, 0.5) is 13.2 Å². The molecular formula is C10H10BrF3O. The third kappa shape index (κ3) is 2.34. The SMILES string of the molecule is [2H]C([2H])([2H])c1ccc(C(C)(O)C(F)(F)F)cc1Br. The van der Waals surface area contributed by atoms with Gasteiger partial charge in [-0.05, 0) is 31.0 Å². The molecule has 1 atom stereocenters. The van der Waals surface area contributed by atoms with Crippen LogP contribution in [0.15, 0.2) is 22.7 Å². The summed E-state index contributed by atoms with van der Waals surface area (Å²) in [5.41, 5.74) is -3.55. The highest BCUT2D eigenvalue weighted by Gasteiger charge is 2.51. The lowest BCUT2D eigenvalue weighted by molar-refractivity contribution is -0.258. The number of rotatable bonds is 1. The van der Waals surface area contributed by atoms with Crippen LogP contribution in [0.5, 0.6) is 0 Å². The first-order valence-corrected chi connectivity index (χ1v) is 4.76. The highest BCUT2D eigenvalue weighted by Crippen LogP contribution is 2.39. The average Bonchev–Trinajstić information content (AvgIpc) is 2.13. The van der Waals surface area contributed by atoms with Gasteiger partial charge in [-0.1, -0.05) is 28.1 Å². The summed E-state index contributed by atoms with van der Waals surface area (Å²) in [6.07, 6.45) is -4.84. The normalized spacial score (nSPS) is 20.0. The first kappa shape index (κ1) is 8.58. The number of aryl methyl sites for hydroxylation is 1. The maximum Gasteiger partial charge on any atom is 0.421 e. The van der Waals surface area contributed by atoms with E-state index in [1.54, 1.807) is 0 Å². The molecule has 0 saturated heterocycles. The quantitative estimate of drug-likeness (QED) is 0.837. The second-order valence-electron chi connectivity index (χ2n) is 3.26. The fourth-order valence-electron chi connectivity index (χ4n) is 0.982. The molecule has 0 aliphatic rings. The summed E-state index contributed by atoms with van der Waals surface area (Å²) >= 11 is 2.90. The van der Waals surface area contributed by atoms with Gasteiger partial charge in [0.2, 0.25) is 0 Å². The van der Waals surface area contributed by atoms with Crippen LogP contribution in [-0.4, -0.2) is 11.3 Å². The van der Waals surface area contributed by atoms with Crippen LogP contribution in [0, 0.1) is 6.85 Å². The van der Waals surface area contributed by atoms with Gasteiger partial charge in [0.1, 0.15) is 0 Å². The smallest absolute Gasteiger partial charge is 0.376 e. The molecule has 0 amide bonds. The molecule has 0 bridgehead atoms. The summed E-state index contributed by atoms with van der Waals surface area (Å²) in [5.74, 6) is 0. The van der Waals surface area contributed by atoms with E-state index in [0.717, 1.165) is 18.2 Å². The Kier molecular flexibility index (Phi) is 2.17. The fourth-order valence-corrected chi connectivity index (χ4v) is 1.36. The van der Waals surface area contributed by atoms with E-state index in [1.165, 1.54) is 0 Å². The van der Waals surface area contributed by atoms with Gasteiger partial charge in [0, 0.05) is 8.58 Å². The summed E-state index contributed by atoms with van der Waals surface area (Å²) < 4.78 is 59.4. The maximum absolute atomic E-state index is 12.6. The van der Waals surface area contributed by atoms with Crippen molar-refractivity contribution in [3.63, 3.8) is 0 Å². The van der Waals surface area contributed by atoms with Gasteiger partial charge in [-0.15, -0.1) is 0 Å². The largest absolute Gasteiger partial charge is 0.421 e. The number of aliphatic hydroxyl groups is 1. The van der Waals surface area contributed by atoms with E-state index in [9.17, 15) is 18.3 Å². The maximum atomic E-state index is 12.6. The Bertz CT molecular complexity index is 455. The van der Waals surface area contributed by atoms with Crippen molar-refractivity contribution in [2.75, 3.05) is 0 Å². The van der Waals surface area contributed by atoms with Crippen molar-refractivity contribution in [1.82, 2.24) is 0 Å². The van der Waals surface area contributed by atoms with Gasteiger partial charge in [-0.2, -0.15) is 13.2 Å². The highest BCUT2D eigenvalue weighted by atomic mass is 79.9. The molecule has 0 heterocycles. The number of hydrogen-bond donors (Lipinski definition) is 1. The Hall–Kier alpha value is -0.550. The van der Waals surface area contributed by atoms with Crippen LogP contribution in [0.25, 0.3) is 0 Å². The van der Waals surface area contributed by atoms with Crippen LogP contribution in [-0.2, 0) is 5.60 Å². The van der Waals surface area contributed by atoms with Gasteiger partial charge in [0.25, 0.3) is 0 Å². The van der Waals surface area contributed by atoms with E-state index >= 15 is 0 Å². The number of benzene rings is 1. The van der Waals surface area contributed by atoms with Crippen LogP contribution in [0.1, 0.15) is 22.2 Å². The lowest BCUT2D eigenvalue weighted by Crippen LogP contribution is -2.39. The van der Waals surface area contributed by atoms with Gasteiger partial charge in [0.05, 0.1) is 0 Å². The molecule has 1 nitrogen and oxygen atoms in total. The Morgan fingerprint density at radius 2 is 2.00 bits per heavy atom. The van der Waals surface area contributed by atoms with Crippen LogP contribution in [0.3, 0.4) is 0 Å². The minimum atomic E-state index is -4.84. The molecular weight excluding hydrogens is 273 g/mol. The number of halogens is 4. The average molecular weight is 286 g/mol. The number of alkyl halides is 3. The molecule has 1 rings (SSSR count). The van der Waals surface area contributed by atoms with Crippen molar-refractivity contribution in [3.8, 4) is 0 Å². The van der Waals surface area contributed by atoms with Gasteiger partial charge >= 0.3 is 6.18 Å². The Balaban J connectivity index is 3.29. The van der Waals surface area contributed by atoms with Gasteiger partial charge < -0.3 is 5.11 Å². The van der Waals surface area contributed by atoms with Gasteiger partial charge in [-0.3, -0.25) is 0 Å². The molecule has 1 N–H and O–H groups in total. The van der Waals surface area contributed by atoms with Crippen molar-refractivity contribution < 1.29 is 22.4 Å². The van der Waals surface area contributed by atoms with Gasteiger partial charge in [-0.25, -0.2) is 0 Å². The Morgan fingerprint density at radius 3 is 2.40 bits per heavy atom. The lowest BCUT2D eigenvalue weighted by Gasteiger charge is -2.27. The molecule has 5 heteroatoms. The number of hydrogen-bond acceptors (Lipinski definition) is 1. The van der Waals surface area contributed by atoms with Crippen LogP contribution < -0.4 is 0 Å². The minimum Gasteiger partial charge on any atom is -0.376 e. The van der Waals surface area contributed by atoms with E-state index in [4.69, 9.17) is 4.11 Å². The van der Waals surface area contributed by atoms with E-state index < -0.39 is 24.2 Å². The summed E-state index contributed by atoms with van der Waals surface area (Å²) in [5, 5.41) is 9.45. The third-order valence-corrected chi connectivity index (χ3v) is 2.74. The first-order chi connectivity index (χ1) is 7.87. The van der Waals surface area contributed by atoms with Crippen molar-refractivity contribution >= 4 is 15.9 Å². The van der Waals surface area contributed by atoms with Gasteiger partial charge in [0.15, 0.2) is 5.60 Å². The summed E-state index contributed by atoms with van der Waals surface area (Å²) in [6.45, 7) is -1.81. The fraction of sp³-hybridized carbons (Fsp3) is 0.400. The standard InChI is InChI=1S/C10H10BrF3O/c1-6-3-4-7(5-8(6)11)9(2,15)10(12,13)14/h3-5,15H,1-2H3/i1D3. The summed E-state index contributed by atoms with van der Waals surface area (Å²) in [4.78, 5) is 0. The zero-order valence-electron chi connectivity index (χ0n) is 10.7. The molecule has 15 heavy (non-hydrogen) atoms. The topological polar surface area (TPSA) is 20.2 Å². The molecule has 0 fully saturated rings. The van der Waals surface area contributed by atoms with E-state index in [2.05, 4.69) is 15.9 Å². The van der Waals surface area contributed by atoms with Crippen LogP contribution in [0.2, 0.25) is 0 Å². The van der Waals surface area contributed by atoms with E-state index in [1.807, 2.05) is 0 Å². The molecule has 0 radical (unpaired) electrons. The predicted molar refractivity (Wildman–Crippen MR) is 54.5 cm³/mol. The monoisotopic (exact) mass is 285 g/mol. The second-order valence-corrected chi connectivity index (χ2v) is 4.12. The first-order valence-electron chi connectivity index (χ1n) is 5.47. The molecule has 0 aliphatic heterocycles. The minimum absolute atomic E-state index is 0.00419. The second kappa shape index (κ2) is 3.79. The molecule has 0 saturated carbocycles. The molecule has 84 valence electrons. The van der Waals surface area contributed by atoms with Crippen molar-refractivity contribution in [1.29, 1.82) is 0 Å². The Labute approximate surface area is 98.3 Å². The van der Waals surface area contributed by atoms with Crippen LogP contribution >= 0.6 is 15.9 Å². The summed E-state index contributed by atoms with van der Waals surface area (Å²) in [7, 11) is 0. The molecule has 0 spiro atoms. The van der Waals surface area contributed by atoms with E-state index in [0.29, 0.717) is 6.92 Å². The Morgan fingerprint density at radius 1 is 1.40 bits per heavy atom. The van der Waals surface area contributed by atoms with Crippen molar-refractivity contribution in [2.45, 2.75) is 25.6 Å². The van der Waals surface area contributed by atoms with Crippen molar-refractivity contribution in [3.05, 3.63) is 33.8 Å². The lowest BCUT2D eigenvalue weighted by atomic mass is 9.95. The zero-order valence-corrected chi connectivity index (χ0v) is 9.28. The van der Waals surface area contributed by atoms with E-state index in [-0.39, 0.29) is 10.0 Å².